The summed E-state index contributed by atoms with van der Waals surface area (Å²) in [5, 5.41) is 19.6. The van der Waals surface area contributed by atoms with Gasteiger partial charge in [0.05, 0.1) is 34.2 Å². The van der Waals surface area contributed by atoms with Gasteiger partial charge in [0.15, 0.2) is 0 Å². The van der Waals surface area contributed by atoms with Crippen LogP contribution in [-0.2, 0) is 4.79 Å². The summed E-state index contributed by atoms with van der Waals surface area (Å²) < 4.78 is 6.54. The first-order valence-electron chi connectivity index (χ1n) is 12.7. The highest BCUT2D eigenvalue weighted by Gasteiger charge is 2.57. The zero-order valence-electron chi connectivity index (χ0n) is 22.0. The number of amides is 2. The molecule has 2 aromatic heterocycles. The largest absolute Gasteiger partial charge is 0.494 e. The molecule has 3 aromatic rings. The Morgan fingerprint density at radius 2 is 2.18 bits per heavy atom. The number of piperidine rings is 1. The number of carboxylic acid groups (broad SMARTS) is 1. The standard InChI is InChI=1S/C27H31N7O4S/c1-4-29-25(37)33-27(21-15-28-11-8-26(21,2)24(35)36)32-10-6-12-34(27)17-13-18(23-19(14-17)31-16-39-23)22-20(38-3)7-5-9-30-22/h5-7,9-10,12-14,16,21,28H,4,8,11,15H2,1-3H3,(H,35,36)(H2,29,33,37). The number of allylic oxidation sites excluding steroid dienone is 1. The first-order valence-corrected chi connectivity index (χ1v) is 13.6. The van der Waals surface area contributed by atoms with Crippen molar-refractivity contribution in [3.8, 4) is 17.0 Å². The van der Waals surface area contributed by atoms with E-state index in [4.69, 9.17) is 9.73 Å². The van der Waals surface area contributed by atoms with Crippen molar-refractivity contribution in [3.05, 3.63) is 48.2 Å². The number of urea groups is 1. The number of benzene rings is 1. The van der Waals surface area contributed by atoms with Crippen molar-refractivity contribution in [2.45, 2.75) is 26.1 Å². The normalized spacial score (nSPS) is 24.5. The van der Waals surface area contributed by atoms with Crippen LogP contribution in [0.25, 0.3) is 21.5 Å². The van der Waals surface area contributed by atoms with Crippen molar-refractivity contribution in [3.63, 3.8) is 0 Å². The number of aromatic nitrogens is 2. The number of hydrogen-bond donors (Lipinski definition) is 4. The SMILES string of the molecule is CCNC(=O)NC1(C2CNCCC2(C)C(=O)O)N=CC=CN1c1cc(-c2ncccc2OC)c2scnc2c1. The molecule has 5 rings (SSSR count). The van der Waals surface area contributed by atoms with E-state index in [9.17, 15) is 14.7 Å². The van der Waals surface area contributed by atoms with Crippen LogP contribution < -0.4 is 25.6 Å². The number of methoxy groups -OCH3 is 1. The number of thiazole rings is 1. The molecular weight excluding hydrogens is 518 g/mol. The average molecular weight is 550 g/mol. The Hall–Kier alpha value is -4.03. The Bertz CT molecular complexity index is 1460. The Labute approximate surface area is 230 Å². The molecule has 1 fully saturated rings. The van der Waals surface area contributed by atoms with Gasteiger partial charge in [-0.3, -0.25) is 15.1 Å². The summed E-state index contributed by atoms with van der Waals surface area (Å²) in [5.74, 6) is -2.43. The van der Waals surface area contributed by atoms with Gasteiger partial charge in [-0.25, -0.2) is 14.8 Å². The maximum atomic E-state index is 13.1. The topological polar surface area (TPSA) is 141 Å². The number of carbonyl (C=O) groups excluding carboxylic acids is 1. The van der Waals surface area contributed by atoms with Crippen LogP contribution in [0.1, 0.15) is 20.3 Å². The number of aliphatic imine (C=N–C) groups is 1. The molecule has 0 bridgehead atoms. The third kappa shape index (κ3) is 4.59. The summed E-state index contributed by atoms with van der Waals surface area (Å²) in [5.41, 5.74) is 3.45. The van der Waals surface area contributed by atoms with Crippen molar-refractivity contribution in [2.75, 3.05) is 31.6 Å². The van der Waals surface area contributed by atoms with Gasteiger partial charge in [0.25, 0.3) is 0 Å². The molecule has 4 N–H and O–H groups in total. The molecule has 0 spiro atoms. The van der Waals surface area contributed by atoms with Gasteiger partial charge in [-0.2, -0.15) is 0 Å². The second kappa shape index (κ2) is 10.6. The quantitative estimate of drug-likeness (QED) is 0.351. The fourth-order valence-corrected chi connectivity index (χ4v) is 6.20. The maximum absolute atomic E-state index is 13.1. The van der Waals surface area contributed by atoms with Gasteiger partial charge >= 0.3 is 12.0 Å². The molecule has 1 aromatic carbocycles. The predicted molar refractivity (Wildman–Crippen MR) is 151 cm³/mol. The van der Waals surface area contributed by atoms with Gasteiger partial charge in [0.2, 0.25) is 5.79 Å². The average Bonchev–Trinajstić information content (AvgIpc) is 3.42. The molecule has 0 aliphatic carbocycles. The van der Waals surface area contributed by atoms with E-state index in [0.29, 0.717) is 43.2 Å². The lowest BCUT2D eigenvalue weighted by molar-refractivity contribution is -0.155. The molecule has 1 saturated heterocycles. The molecule has 2 amide bonds. The van der Waals surface area contributed by atoms with Gasteiger partial charge in [0, 0.05) is 43.0 Å². The lowest BCUT2D eigenvalue weighted by Gasteiger charge is -2.52. The van der Waals surface area contributed by atoms with Crippen LogP contribution in [0.3, 0.4) is 0 Å². The number of aliphatic carboxylic acids is 1. The van der Waals surface area contributed by atoms with Crippen LogP contribution in [0.2, 0.25) is 0 Å². The zero-order valence-corrected chi connectivity index (χ0v) is 22.8. The Morgan fingerprint density at radius 1 is 1.33 bits per heavy atom. The monoisotopic (exact) mass is 549 g/mol. The smallest absolute Gasteiger partial charge is 0.318 e. The van der Waals surface area contributed by atoms with Gasteiger partial charge in [-0.1, -0.05) is 0 Å². The summed E-state index contributed by atoms with van der Waals surface area (Å²) in [6, 6.07) is 7.08. The van der Waals surface area contributed by atoms with Gasteiger partial charge in [-0.15, -0.1) is 11.3 Å². The minimum Gasteiger partial charge on any atom is -0.494 e. The third-order valence-corrected chi connectivity index (χ3v) is 8.32. The molecular formula is C27H31N7O4S. The van der Waals surface area contributed by atoms with Crippen molar-refractivity contribution in [1.82, 2.24) is 25.9 Å². The number of carboxylic acids is 1. The number of fused-ring (bicyclic) bond motifs is 1. The molecule has 3 unspecified atom stereocenters. The number of pyridine rings is 1. The molecule has 12 heteroatoms. The molecule has 11 nitrogen and oxygen atoms in total. The van der Waals surface area contributed by atoms with E-state index >= 15 is 0 Å². The highest BCUT2D eigenvalue weighted by atomic mass is 32.1. The van der Waals surface area contributed by atoms with Gasteiger partial charge in [0.1, 0.15) is 11.4 Å². The van der Waals surface area contributed by atoms with Crippen molar-refractivity contribution in [1.29, 1.82) is 0 Å². The highest BCUT2D eigenvalue weighted by Crippen LogP contribution is 2.46. The maximum Gasteiger partial charge on any atom is 0.318 e. The summed E-state index contributed by atoms with van der Waals surface area (Å²) in [4.78, 5) is 41.6. The van der Waals surface area contributed by atoms with Crippen LogP contribution in [0.15, 0.2) is 53.2 Å². The second-order valence-electron chi connectivity index (χ2n) is 9.68. The van der Waals surface area contributed by atoms with E-state index in [1.54, 1.807) is 38.0 Å². The van der Waals surface area contributed by atoms with E-state index in [2.05, 4.69) is 25.9 Å². The number of rotatable bonds is 7. The molecule has 204 valence electrons. The summed E-state index contributed by atoms with van der Waals surface area (Å²) in [6.45, 7) is 4.82. The van der Waals surface area contributed by atoms with E-state index < -0.39 is 29.1 Å². The highest BCUT2D eigenvalue weighted by molar-refractivity contribution is 7.17. The predicted octanol–water partition coefficient (Wildman–Crippen LogP) is 3.44. The van der Waals surface area contributed by atoms with E-state index in [1.165, 1.54) is 11.3 Å². The molecule has 2 aliphatic rings. The summed E-state index contributed by atoms with van der Waals surface area (Å²) >= 11 is 1.49. The number of hydrogen-bond acceptors (Lipinski definition) is 9. The van der Waals surface area contributed by atoms with Crippen LogP contribution in [-0.4, -0.2) is 65.8 Å². The first-order chi connectivity index (χ1) is 18.8. The number of ether oxygens (including phenoxy) is 1. The summed E-state index contributed by atoms with van der Waals surface area (Å²) in [7, 11) is 1.60. The number of anilines is 1. The van der Waals surface area contributed by atoms with Crippen LogP contribution in [0, 0.1) is 11.3 Å². The van der Waals surface area contributed by atoms with Crippen LogP contribution in [0.5, 0.6) is 5.75 Å². The lowest BCUT2D eigenvalue weighted by Crippen LogP contribution is -2.71. The number of nitrogens with one attached hydrogen (secondary N) is 3. The van der Waals surface area contributed by atoms with Crippen molar-refractivity contribution >= 4 is 45.5 Å². The molecule has 39 heavy (non-hydrogen) atoms. The Morgan fingerprint density at radius 3 is 2.95 bits per heavy atom. The number of carbonyl (C=O) groups is 2. The Balaban J connectivity index is 1.73. The third-order valence-electron chi connectivity index (χ3n) is 7.45. The molecule has 0 radical (unpaired) electrons. The van der Waals surface area contributed by atoms with E-state index in [1.807, 2.05) is 42.3 Å². The first kappa shape index (κ1) is 26.6. The Kier molecular flexibility index (Phi) is 7.23. The van der Waals surface area contributed by atoms with E-state index in [0.717, 1.165) is 15.8 Å². The minimum atomic E-state index is -1.45. The lowest BCUT2D eigenvalue weighted by atomic mass is 9.68. The zero-order chi connectivity index (χ0) is 27.6. The molecule has 3 atom stereocenters. The van der Waals surface area contributed by atoms with Gasteiger partial charge < -0.3 is 25.4 Å². The second-order valence-corrected chi connectivity index (χ2v) is 10.5. The fraction of sp³-hybridized carbons (Fsp3) is 0.370. The van der Waals surface area contributed by atoms with Gasteiger partial charge in [-0.05, 0) is 57.2 Å². The van der Waals surface area contributed by atoms with Crippen LogP contribution >= 0.6 is 11.3 Å². The van der Waals surface area contributed by atoms with E-state index in [-0.39, 0.29) is 0 Å². The van der Waals surface area contributed by atoms with Crippen molar-refractivity contribution < 1.29 is 19.4 Å². The molecule has 0 saturated carbocycles. The summed E-state index contributed by atoms with van der Waals surface area (Å²) in [6.07, 6.45) is 7.25. The number of nitrogens with zero attached hydrogens (tertiary/aromatic N) is 4. The molecule has 4 heterocycles. The minimum absolute atomic E-state index is 0.330. The fourth-order valence-electron chi connectivity index (χ4n) is 5.41. The molecule has 2 aliphatic heterocycles. The van der Waals surface area contributed by atoms with Crippen molar-refractivity contribution in [2.24, 2.45) is 16.3 Å². The van der Waals surface area contributed by atoms with Crippen LogP contribution in [0.4, 0.5) is 10.5 Å².